The molecule has 0 N–H and O–H groups in total. The zero-order valence-electron chi connectivity index (χ0n) is 24.7. The molecule has 5 heteroatoms. The molecule has 5 heterocycles. The molecule has 3 aliphatic rings. The molecule has 41 heavy (non-hydrogen) atoms. The van der Waals surface area contributed by atoms with Gasteiger partial charge in [0.15, 0.2) is 0 Å². The van der Waals surface area contributed by atoms with Crippen LogP contribution in [-0.2, 0) is 26.8 Å². The van der Waals surface area contributed by atoms with Crippen LogP contribution in [-0.4, -0.2) is 16.0 Å². The van der Waals surface area contributed by atoms with Crippen molar-refractivity contribution < 1.29 is 20.4 Å². The fourth-order valence-corrected chi connectivity index (χ4v) is 6.24. The Bertz CT molecular complexity index is 1830. The summed E-state index contributed by atoms with van der Waals surface area (Å²) in [5.41, 5.74) is 14.8. The number of benzene rings is 1. The molecule has 0 amide bonds. The normalized spacial score (nSPS) is 16.0. The molecule has 0 atom stereocenters. The Balaban J connectivity index is 0.00000337. The number of fused-ring (bicyclic) bond motifs is 6. The molecule has 3 aliphatic heterocycles. The van der Waals surface area contributed by atoms with E-state index in [1.807, 2.05) is 6.07 Å². The largest absolute Gasteiger partial charge is 2.00 e. The van der Waals surface area contributed by atoms with E-state index in [9.17, 15) is 0 Å². The standard InChI is InChI=1S/C36H36N4.Pd/c1-7-27-22(5)31-17-24-16-26(40(21-24)25-14-12-11-13-15-25)18-32-23(6)28(8-2)34(38-32)20-36-30(10-4)29(9-3)35(39-36)19-33(27)37-31;/h11-15,17-21H,7-10H2,1-6H3;/q-2;+2. The molecule has 4 nitrogen and oxygen atoms in total. The quantitative estimate of drug-likeness (QED) is 0.229. The molecule has 0 spiro atoms. The molecule has 6 rings (SSSR count). The first-order chi connectivity index (χ1) is 19.4. The number of hydrogen-bond acceptors (Lipinski definition) is 2. The van der Waals surface area contributed by atoms with Crippen LogP contribution in [0.1, 0.15) is 76.3 Å². The van der Waals surface area contributed by atoms with E-state index in [2.05, 4.69) is 107 Å². The van der Waals surface area contributed by atoms with Crippen molar-refractivity contribution in [2.45, 2.75) is 67.2 Å². The number of aliphatic imine (C=N–C) groups is 2. The van der Waals surface area contributed by atoms with Crippen molar-refractivity contribution in [1.29, 1.82) is 0 Å². The van der Waals surface area contributed by atoms with Gasteiger partial charge in [0.25, 0.3) is 0 Å². The SMILES string of the molecule is CCC1=C(C)C2=Cc3[c-]c(n(-c4ccccc4)c3)C=c3[n-]c(c(CC)c3C)=CC3=NC(=CC1=N2)C(CC)=C3CC.[Pd+2]. The minimum absolute atomic E-state index is 0. The van der Waals surface area contributed by atoms with E-state index < -0.39 is 0 Å². The first-order valence-corrected chi connectivity index (χ1v) is 14.5. The first kappa shape index (κ1) is 29.0. The summed E-state index contributed by atoms with van der Waals surface area (Å²) in [6, 6.07) is 14.1. The molecule has 0 aliphatic carbocycles. The Labute approximate surface area is 257 Å². The van der Waals surface area contributed by atoms with Crippen LogP contribution in [0.2, 0.25) is 0 Å². The number of nitrogens with zero attached hydrogens (tertiary/aromatic N) is 4. The van der Waals surface area contributed by atoms with Crippen LogP contribution < -0.4 is 15.7 Å². The van der Waals surface area contributed by atoms with Crippen LogP contribution in [0.4, 0.5) is 0 Å². The van der Waals surface area contributed by atoms with Gasteiger partial charge in [0.2, 0.25) is 0 Å². The van der Waals surface area contributed by atoms with Crippen LogP contribution >= 0.6 is 0 Å². The van der Waals surface area contributed by atoms with Gasteiger partial charge in [0.1, 0.15) is 0 Å². The Morgan fingerprint density at radius 2 is 1.41 bits per heavy atom. The van der Waals surface area contributed by atoms with E-state index in [4.69, 9.17) is 15.0 Å². The van der Waals surface area contributed by atoms with Gasteiger partial charge in [-0.25, -0.2) is 4.99 Å². The van der Waals surface area contributed by atoms with Crippen LogP contribution in [0.3, 0.4) is 0 Å². The molecule has 0 unspecified atom stereocenters. The van der Waals surface area contributed by atoms with Crippen LogP contribution in [0, 0.1) is 13.0 Å². The van der Waals surface area contributed by atoms with Crippen molar-refractivity contribution in [2.24, 2.45) is 9.98 Å². The molecular weight excluding hydrogens is 595 g/mol. The number of para-hydroxylation sites is 1. The maximum atomic E-state index is 5.20. The van der Waals surface area contributed by atoms with Crippen LogP contribution in [0.15, 0.2) is 86.3 Å². The summed E-state index contributed by atoms with van der Waals surface area (Å²) in [4.78, 5) is 15.5. The van der Waals surface area contributed by atoms with Gasteiger partial charge >= 0.3 is 20.4 Å². The van der Waals surface area contributed by atoms with Gasteiger partial charge in [-0.1, -0.05) is 69.3 Å². The number of aromatic nitrogens is 2. The monoisotopic (exact) mass is 630 g/mol. The van der Waals surface area contributed by atoms with Crippen molar-refractivity contribution in [3.05, 3.63) is 115 Å². The predicted octanol–water partition coefficient (Wildman–Crippen LogP) is 6.70. The van der Waals surface area contributed by atoms with E-state index in [1.165, 1.54) is 33.4 Å². The minimum Gasteiger partial charge on any atom is -0.665 e. The summed E-state index contributed by atoms with van der Waals surface area (Å²) in [7, 11) is 0. The second-order valence-electron chi connectivity index (χ2n) is 10.6. The number of hydrogen-bond donors (Lipinski definition) is 0. The van der Waals surface area contributed by atoms with Crippen LogP contribution in [0.25, 0.3) is 23.9 Å². The van der Waals surface area contributed by atoms with Crippen molar-refractivity contribution in [3.63, 3.8) is 0 Å². The molecule has 0 saturated heterocycles. The maximum absolute atomic E-state index is 5.20. The smallest absolute Gasteiger partial charge is 0.665 e. The van der Waals surface area contributed by atoms with Gasteiger partial charge < -0.3 is 9.55 Å². The molecule has 1 aromatic carbocycles. The fourth-order valence-electron chi connectivity index (χ4n) is 6.24. The van der Waals surface area contributed by atoms with E-state index in [0.29, 0.717) is 0 Å². The third kappa shape index (κ3) is 5.07. The molecule has 0 fully saturated rings. The van der Waals surface area contributed by atoms with Gasteiger partial charge in [-0.05, 0) is 85.7 Å². The van der Waals surface area contributed by atoms with Crippen molar-refractivity contribution in [3.8, 4) is 5.69 Å². The van der Waals surface area contributed by atoms with Gasteiger partial charge in [-0.2, -0.15) is 5.35 Å². The predicted molar refractivity (Wildman–Crippen MR) is 167 cm³/mol. The Hall–Kier alpha value is -3.52. The third-order valence-corrected chi connectivity index (χ3v) is 8.36. The topological polar surface area (TPSA) is 43.8 Å². The zero-order chi connectivity index (χ0) is 28.0. The van der Waals surface area contributed by atoms with E-state index in [0.717, 1.165) is 76.1 Å². The van der Waals surface area contributed by atoms with Crippen LogP contribution in [0.5, 0.6) is 0 Å². The summed E-state index contributed by atoms with van der Waals surface area (Å²) in [5, 5.41) is 2.00. The van der Waals surface area contributed by atoms with Gasteiger partial charge in [-0.15, -0.1) is 29.1 Å². The van der Waals surface area contributed by atoms with Crippen molar-refractivity contribution >= 4 is 29.7 Å². The fraction of sp³-hybridized carbons (Fsp3) is 0.278. The molecule has 8 bridgehead atoms. The Morgan fingerprint density at radius 3 is 2.10 bits per heavy atom. The third-order valence-electron chi connectivity index (χ3n) is 8.36. The van der Waals surface area contributed by atoms with Gasteiger partial charge in [0, 0.05) is 11.4 Å². The zero-order valence-corrected chi connectivity index (χ0v) is 26.3. The molecule has 210 valence electrons. The average Bonchev–Trinajstić information content (AvgIpc) is 3.67. The Morgan fingerprint density at radius 1 is 0.732 bits per heavy atom. The number of rotatable bonds is 5. The molecule has 3 aromatic rings. The average molecular weight is 631 g/mol. The number of allylic oxidation sites excluding steroid dienone is 5. The van der Waals surface area contributed by atoms with E-state index in [-0.39, 0.29) is 20.4 Å². The maximum Gasteiger partial charge on any atom is 2.00 e. The summed E-state index contributed by atoms with van der Waals surface area (Å²) in [6.07, 6.45) is 14.6. The summed E-state index contributed by atoms with van der Waals surface area (Å²) >= 11 is 0. The molecule has 0 saturated carbocycles. The second-order valence-corrected chi connectivity index (χ2v) is 10.6. The van der Waals surface area contributed by atoms with Crippen molar-refractivity contribution in [2.75, 3.05) is 0 Å². The Kier molecular flexibility index (Phi) is 8.32. The molecular formula is C36H36N4Pd. The summed E-state index contributed by atoms with van der Waals surface area (Å²) in [6.45, 7) is 13.2. The second kappa shape index (κ2) is 11.8. The molecule has 2 aromatic heterocycles. The summed E-state index contributed by atoms with van der Waals surface area (Å²) < 4.78 is 2.20. The first-order valence-electron chi connectivity index (χ1n) is 14.5. The van der Waals surface area contributed by atoms with Gasteiger partial charge in [0.05, 0.1) is 17.1 Å². The van der Waals surface area contributed by atoms with Crippen molar-refractivity contribution in [1.82, 2.24) is 9.55 Å². The minimum atomic E-state index is 0. The summed E-state index contributed by atoms with van der Waals surface area (Å²) in [5.74, 6) is 0. The van der Waals surface area contributed by atoms with E-state index in [1.54, 1.807) is 0 Å². The molecule has 0 radical (unpaired) electrons. The van der Waals surface area contributed by atoms with E-state index >= 15 is 0 Å². The van der Waals surface area contributed by atoms with Gasteiger partial charge in [-0.3, -0.25) is 4.99 Å².